The van der Waals surface area contributed by atoms with Crippen LogP contribution in [0.2, 0.25) is 0 Å². The minimum Gasteiger partial charge on any atom is -0.381 e. The Morgan fingerprint density at radius 3 is 2.45 bits per heavy atom. The molecule has 4 aliphatic rings. The van der Waals surface area contributed by atoms with Gasteiger partial charge in [-0.1, -0.05) is 0 Å². The van der Waals surface area contributed by atoms with Crippen LogP contribution in [0.25, 0.3) is 32.0 Å². The molecular formula is C39H43F2N9O4S. The second kappa shape index (κ2) is 13.6. The van der Waals surface area contributed by atoms with Gasteiger partial charge in [0.15, 0.2) is 0 Å². The number of alkyl halides is 2. The van der Waals surface area contributed by atoms with E-state index in [1.807, 2.05) is 54.3 Å². The van der Waals surface area contributed by atoms with Gasteiger partial charge in [0.1, 0.15) is 16.7 Å². The minimum atomic E-state index is -2.83. The van der Waals surface area contributed by atoms with Crippen molar-refractivity contribution in [2.45, 2.75) is 50.6 Å². The zero-order valence-electron chi connectivity index (χ0n) is 30.7. The molecule has 9 rings (SSSR count). The number of fused-ring (bicyclic) bond motifs is 6. The van der Waals surface area contributed by atoms with Crippen LogP contribution < -0.4 is 31.4 Å². The van der Waals surface area contributed by atoms with Crippen LogP contribution in [0.5, 0.6) is 0 Å². The average molecular weight is 772 g/mol. The molecule has 13 nitrogen and oxygen atoms in total. The van der Waals surface area contributed by atoms with Crippen LogP contribution in [0.1, 0.15) is 48.3 Å². The van der Waals surface area contributed by atoms with Crippen LogP contribution in [0.3, 0.4) is 0 Å². The second-order valence-electron chi connectivity index (χ2n) is 15.4. The van der Waals surface area contributed by atoms with Crippen LogP contribution in [-0.2, 0) is 16.6 Å². The highest BCUT2D eigenvalue weighted by Crippen LogP contribution is 2.42. The van der Waals surface area contributed by atoms with Crippen molar-refractivity contribution in [3.8, 4) is 0 Å². The summed E-state index contributed by atoms with van der Waals surface area (Å²) in [7, 11) is 1.66. The van der Waals surface area contributed by atoms with Crippen molar-refractivity contribution in [1.29, 1.82) is 0 Å². The number of rotatable bonds is 6. The predicted molar refractivity (Wildman–Crippen MR) is 210 cm³/mol. The number of piperidine rings is 2. The van der Waals surface area contributed by atoms with Gasteiger partial charge < -0.3 is 20.4 Å². The molecule has 2 aromatic carbocycles. The molecule has 0 aliphatic carbocycles. The van der Waals surface area contributed by atoms with Crippen molar-refractivity contribution in [2.24, 2.45) is 13.0 Å². The number of hydrogen-bond acceptors (Lipinski definition) is 10. The number of carbonyl (C=O) groups is 3. The van der Waals surface area contributed by atoms with Crippen LogP contribution in [0.15, 0.2) is 47.3 Å². The highest BCUT2D eigenvalue weighted by Gasteiger charge is 2.43. The number of piperazine rings is 1. The summed E-state index contributed by atoms with van der Waals surface area (Å²) in [5, 5.41) is 10.8. The molecule has 3 fully saturated rings. The lowest BCUT2D eigenvalue weighted by Gasteiger charge is -2.41. The number of amides is 3. The summed E-state index contributed by atoms with van der Waals surface area (Å²) in [5.74, 6) is -3.67. The minimum absolute atomic E-state index is 0.0188. The lowest BCUT2D eigenvalue weighted by molar-refractivity contribution is -0.135. The molecule has 55 heavy (non-hydrogen) atoms. The van der Waals surface area contributed by atoms with E-state index in [2.05, 4.69) is 25.8 Å². The third kappa shape index (κ3) is 6.28. The molecule has 5 aromatic rings. The fourth-order valence-electron chi connectivity index (χ4n) is 8.79. The molecule has 3 aromatic heterocycles. The van der Waals surface area contributed by atoms with Gasteiger partial charge in [0, 0.05) is 92.4 Å². The fraction of sp³-hybridized carbons (Fsp3) is 0.462. The highest BCUT2D eigenvalue weighted by atomic mass is 32.1. The van der Waals surface area contributed by atoms with E-state index >= 15 is 8.78 Å². The van der Waals surface area contributed by atoms with Crippen molar-refractivity contribution >= 4 is 78.3 Å². The number of imidazole rings is 1. The number of aromatic nitrogens is 3. The summed E-state index contributed by atoms with van der Waals surface area (Å²) in [4.78, 5) is 62.0. The Balaban J connectivity index is 0.823. The van der Waals surface area contributed by atoms with Gasteiger partial charge in [-0.3, -0.25) is 33.7 Å². The monoisotopic (exact) mass is 771 g/mol. The summed E-state index contributed by atoms with van der Waals surface area (Å²) >= 11 is 1.47. The van der Waals surface area contributed by atoms with E-state index in [0.717, 1.165) is 38.2 Å². The molecule has 3 N–H and O–H groups in total. The van der Waals surface area contributed by atoms with Crippen molar-refractivity contribution in [1.82, 2.24) is 29.7 Å². The van der Waals surface area contributed by atoms with Crippen molar-refractivity contribution in [3.63, 3.8) is 0 Å². The molecule has 3 saturated heterocycles. The molecule has 0 saturated carbocycles. The Morgan fingerprint density at radius 2 is 1.69 bits per heavy atom. The number of anilines is 3. The Morgan fingerprint density at radius 1 is 0.909 bits per heavy atom. The normalized spacial score (nSPS) is 21.9. The molecule has 288 valence electrons. The van der Waals surface area contributed by atoms with E-state index in [-0.39, 0.29) is 42.9 Å². The number of hydrogen-bond donors (Lipinski definition) is 3. The highest BCUT2D eigenvalue weighted by molar-refractivity contribution is 7.21. The molecular weight excluding hydrogens is 729 g/mol. The maximum Gasteiger partial charge on any atom is 0.329 e. The smallest absolute Gasteiger partial charge is 0.329 e. The van der Waals surface area contributed by atoms with Crippen LogP contribution >= 0.6 is 11.3 Å². The maximum absolute atomic E-state index is 15.8. The average Bonchev–Trinajstić information content (AvgIpc) is 3.63. The Labute approximate surface area is 319 Å². The van der Waals surface area contributed by atoms with Crippen LogP contribution in [0.4, 0.5) is 26.0 Å². The lowest BCUT2D eigenvalue weighted by atomic mass is 9.89. The zero-order valence-corrected chi connectivity index (χ0v) is 31.6. The Bertz CT molecular complexity index is 2430. The van der Waals surface area contributed by atoms with Gasteiger partial charge in [0.25, 0.3) is 11.8 Å². The molecule has 7 heterocycles. The van der Waals surface area contributed by atoms with Crippen LogP contribution in [-0.4, -0.2) is 101 Å². The van der Waals surface area contributed by atoms with Gasteiger partial charge in [0.2, 0.25) is 11.8 Å². The first-order valence-corrected chi connectivity index (χ1v) is 19.8. The summed E-state index contributed by atoms with van der Waals surface area (Å²) in [6.07, 6.45) is 1.18. The number of halogens is 2. The third-order valence-corrected chi connectivity index (χ3v) is 13.0. The maximum atomic E-state index is 15.8. The van der Waals surface area contributed by atoms with E-state index in [1.54, 1.807) is 7.05 Å². The number of aryl methyl sites for hydroxylation is 1. The number of carbonyl (C=O) groups excluding carboxylic acids is 3. The molecule has 2 atom stereocenters. The van der Waals surface area contributed by atoms with Gasteiger partial charge in [-0.05, 0) is 68.7 Å². The quantitative estimate of drug-likeness (QED) is 0.216. The summed E-state index contributed by atoms with van der Waals surface area (Å²) in [6, 6.07) is 12.9. The number of pyridine rings is 1. The second-order valence-corrected chi connectivity index (χ2v) is 16.4. The standard InChI is InChI=1S/C39H43F2N9O4S/c1-22-20-42-34-33-25-4-9-31(44-26(25)5-8-30(33)55-35(34)37(53)43-22)49-13-11-23(12-14-49)39(40,41)21-47-15-17-48(18-16-47)24-3-6-27-29(19-24)46(2)38(54)50(27)28-7-10-32(51)45-36(28)52/h3-6,8-9,19,22-23,28,42H,7,10-18,20-21H2,1-2H3,(H,43,53)(H,45,51,52)/t22-,28?/m1/s1. The molecule has 16 heteroatoms. The van der Waals surface area contributed by atoms with Gasteiger partial charge in [0.05, 0.1) is 28.8 Å². The van der Waals surface area contributed by atoms with Crippen molar-refractivity contribution < 1.29 is 23.2 Å². The predicted octanol–water partition coefficient (Wildman–Crippen LogP) is 4.30. The van der Waals surface area contributed by atoms with E-state index in [9.17, 15) is 19.2 Å². The first kappa shape index (κ1) is 35.6. The molecule has 0 bridgehead atoms. The molecule has 0 spiro atoms. The SMILES string of the molecule is C[C@@H]1CNc2c(sc3ccc4nc(N5CCC(C(F)(F)CN6CCN(c7ccc8c(c7)n(C)c(=O)n8C7CCC(=O)NC7=O)CC6)CC5)ccc4c23)C(=O)N1. The van der Waals surface area contributed by atoms with Crippen molar-refractivity contribution in [3.05, 3.63) is 57.8 Å². The Hall–Kier alpha value is -5.09. The largest absolute Gasteiger partial charge is 0.381 e. The van der Waals surface area contributed by atoms with E-state index in [0.29, 0.717) is 74.6 Å². The number of nitrogens with zero attached hydrogens (tertiary/aromatic N) is 6. The zero-order chi connectivity index (χ0) is 38.2. The fourth-order valence-corrected chi connectivity index (χ4v) is 9.89. The number of thiophene rings is 1. The summed E-state index contributed by atoms with van der Waals surface area (Å²) < 4.78 is 35.7. The van der Waals surface area contributed by atoms with Crippen LogP contribution in [0, 0.1) is 5.92 Å². The number of nitrogens with one attached hydrogen (secondary N) is 3. The van der Waals surface area contributed by atoms with Gasteiger partial charge in [-0.25, -0.2) is 18.6 Å². The topological polar surface area (TPSA) is 137 Å². The van der Waals surface area contributed by atoms with E-state index < -0.39 is 23.8 Å². The summed E-state index contributed by atoms with van der Waals surface area (Å²) in [6.45, 7) is 5.44. The Kier molecular flexibility index (Phi) is 8.79. The van der Waals surface area contributed by atoms with Gasteiger partial charge in [-0.15, -0.1) is 11.3 Å². The summed E-state index contributed by atoms with van der Waals surface area (Å²) in [5.41, 5.74) is 3.50. The molecule has 4 aliphatic heterocycles. The van der Waals surface area contributed by atoms with E-state index in [1.165, 1.54) is 20.5 Å². The van der Waals surface area contributed by atoms with Crippen molar-refractivity contribution in [2.75, 3.05) is 67.5 Å². The third-order valence-electron chi connectivity index (χ3n) is 11.9. The first-order valence-electron chi connectivity index (χ1n) is 19.0. The molecule has 1 unspecified atom stereocenters. The van der Waals surface area contributed by atoms with Gasteiger partial charge in [-0.2, -0.15) is 0 Å². The van der Waals surface area contributed by atoms with E-state index in [4.69, 9.17) is 4.98 Å². The molecule has 3 amide bonds. The van der Waals surface area contributed by atoms with Gasteiger partial charge >= 0.3 is 5.69 Å². The lowest BCUT2D eigenvalue weighted by Crippen LogP contribution is -2.52. The number of benzene rings is 2. The molecule has 0 radical (unpaired) electrons. The number of imide groups is 1. The first-order chi connectivity index (χ1) is 26.4.